The van der Waals surface area contributed by atoms with Crippen LogP contribution in [0.2, 0.25) is 0 Å². The van der Waals surface area contributed by atoms with Gasteiger partial charge in [-0.1, -0.05) is 45.0 Å². The van der Waals surface area contributed by atoms with Crippen molar-refractivity contribution in [3.8, 4) is 0 Å². The third kappa shape index (κ3) is 4.70. The molecule has 4 nitrogen and oxygen atoms in total. The molecule has 2 aromatic rings. The van der Waals surface area contributed by atoms with Crippen LogP contribution in [-0.2, 0) is 11.2 Å². The first-order chi connectivity index (χ1) is 12.8. The average molecular weight is 374 g/mol. The van der Waals surface area contributed by atoms with Gasteiger partial charge in [0, 0.05) is 5.69 Å². The van der Waals surface area contributed by atoms with Crippen LogP contribution < -0.4 is 10.6 Å². The van der Waals surface area contributed by atoms with Gasteiger partial charge in [0.2, 0.25) is 5.91 Å². The summed E-state index contributed by atoms with van der Waals surface area (Å²) in [5.41, 5.74) is 1.87. The molecule has 2 N–H and O–H groups in total. The van der Waals surface area contributed by atoms with Crippen LogP contribution in [0.1, 0.15) is 42.3 Å². The molecule has 1 atom stereocenters. The molecule has 0 saturated heterocycles. The van der Waals surface area contributed by atoms with Gasteiger partial charge >= 0.3 is 0 Å². The highest BCUT2D eigenvalue weighted by molar-refractivity contribution is 6.02. The summed E-state index contributed by atoms with van der Waals surface area (Å²) in [5.74, 6) is -3.61. The molecule has 0 radical (unpaired) electrons. The molecule has 0 unspecified atom stereocenters. The standard InChI is InChI=1S/C21H24F2N2O2/c1-5-14-9-6-8-13(4)19(14)25-21(27)18(12(2)3)24-20(26)17-15(22)10-7-11-16(17)23/h6-12,18H,5H2,1-4H3,(H,24,26)(H,25,27)/t18-/m0/s1. The summed E-state index contributed by atoms with van der Waals surface area (Å²) < 4.78 is 27.7. The van der Waals surface area contributed by atoms with E-state index in [4.69, 9.17) is 0 Å². The lowest BCUT2D eigenvalue weighted by atomic mass is 10.0. The number of hydrogen-bond donors (Lipinski definition) is 2. The zero-order valence-electron chi connectivity index (χ0n) is 15.9. The number of aryl methyl sites for hydroxylation is 2. The van der Waals surface area contributed by atoms with E-state index in [0.29, 0.717) is 5.69 Å². The van der Waals surface area contributed by atoms with Crippen LogP contribution in [-0.4, -0.2) is 17.9 Å². The number of hydrogen-bond acceptors (Lipinski definition) is 2. The third-order valence-electron chi connectivity index (χ3n) is 4.41. The van der Waals surface area contributed by atoms with Gasteiger partial charge in [0.15, 0.2) is 0 Å². The fourth-order valence-corrected chi connectivity index (χ4v) is 2.87. The molecule has 0 heterocycles. The summed E-state index contributed by atoms with van der Waals surface area (Å²) in [5, 5.41) is 5.32. The molecular weight excluding hydrogens is 350 g/mol. The maximum Gasteiger partial charge on any atom is 0.257 e. The minimum atomic E-state index is -0.970. The van der Waals surface area contributed by atoms with Crippen molar-refractivity contribution in [2.45, 2.75) is 40.2 Å². The summed E-state index contributed by atoms with van der Waals surface area (Å²) in [4.78, 5) is 25.2. The number of anilines is 1. The predicted octanol–water partition coefficient (Wildman–Crippen LogP) is 4.23. The Morgan fingerprint density at radius 2 is 1.63 bits per heavy atom. The van der Waals surface area contributed by atoms with E-state index in [2.05, 4.69) is 10.6 Å². The molecule has 0 saturated carbocycles. The molecule has 2 rings (SSSR count). The fourth-order valence-electron chi connectivity index (χ4n) is 2.87. The van der Waals surface area contributed by atoms with Gasteiger partial charge in [-0.05, 0) is 42.5 Å². The number of carbonyl (C=O) groups excluding carboxylic acids is 2. The first kappa shape index (κ1) is 20.6. The fraction of sp³-hybridized carbons (Fsp3) is 0.333. The van der Waals surface area contributed by atoms with E-state index >= 15 is 0 Å². The van der Waals surface area contributed by atoms with Crippen molar-refractivity contribution < 1.29 is 18.4 Å². The number of para-hydroxylation sites is 1. The number of carbonyl (C=O) groups is 2. The Morgan fingerprint density at radius 1 is 1.04 bits per heavy atom. The number of halogens is 2. The zero-order valence-corrected chi connectivity index (χ0v) is 15.9. The molecular formula is C21H24F2N2O2. The molecule has 0 aromatic heterocycles. The van der Waals surface area contributed by atoms with Gasteiger partial charge in [0.05, 0.1) is 0 Å². The number of nitrogens with one attached hydrogen (secondary N) is 2. The summed E-state index contributed by atoms with van der Waals surface area (Å²) in [6, 6.07) is 7.95. The maximum atomic E-state index is 13.9. The van der Waals surface area contributed by atoms with Gasteiger partial charge < -0.3 is 10.6 Å². The highest BCUT2D eigenvalue weighted by Gasteiger charge is 2.28. The summed E-state index contributed by atoms with van der Waals surface area (Å²) in [7, 11) is 0. The van der Waals surface area contributed by atoms with Crippen molar-refractivity contribution >= 4 is 17.5 Å². The molecule has 0 bridgehead atoms. The molecule has 6 heteroatoms. The van der Waals surface area contributed by atoms with E-state index in [1.165, 1.54) is 6.07 Å². The molecule has 27 heavy (non-hydrogen) atoms. The van der Waals surface area contributed by atoms with Crippen molar-refractivity contribution in [3.63, 3.8) is 0 Å². The Kier molecular flexibility index (Phi) is 6.66. The highest BCUT2D eigenvalue weighted by Crippen LogP contribution is 2.22. The normalized spacial score (nSPS) is 12.0. The second-order valence-electron chi connectivity index (χ2n) is 6.74. The van der Waals surface area contributed by atoms with Gasteiger partial charge in [-0.25, -0.2) is 8.78 Å². The Hall–Kier alpha value is -2.76. The minimum absolute atomic E-state index is 0.280. The van der Waals surface area contributed by atoms with E-state index < -0.39 is 35.1 Å². The third-order valence-corrected chi connectivity index (χ3v) is 4.41. The average Bonchev–Trinajstić information content (AvgIpc) is 2.60. The minimum Gasteiger partial charge on any atom is -0.340 e. The van der Waals surface area contributed by atoms with E-state index in [0.717, 1.165) is 29.7 Å². The predicted molar refractivity (Wildman–Crippen MR) is 102 cm³/mol. The van der Waals surface area contributed by atoms with Crippen molar-refractivity contribution in [3.05, 3.63) is 64.7 Å². The number of rotatable bonds is 6. The quantitative estimate of drug-likeness (QED) is 0.795. The van der Waals surface area contributed by atoms with Crippen molar-refractivity contribution in [1.82, 2.24) is 5.32 Å². The van der Waals surface area contributed by atoms with Gasteiger partial charge in [-0.15, -0.1) is 0 Å². The van der Waals surface area contributed by atoms with Crippen LogP contribution in [0.3, 0.4) is 0 Å². The smallest absolute Gasteiger partial charge is 0.257 e. The lowest BCUT2D eigenvalue weighted by Crippen LogP contribution is -2.47. The highest BCUT2D eigenvalue weighted by atomic mass is 19.1. The lowest BCUT2D eigenvalue weighted by Gasteiger charge is -2.23. The zero-order chi connectivity index (χ0) is 20.1. The van der Waals surface area contributed by atoms with Gasteiger partial charge in [0.1, 0.15) is 23.2 Å². The lowest BCUT2D eigenvalue weighted by molar-refractivity contribution is -0.118. The molecule has 0 spiro atoms. The SMILES string of the molecule is CCc1cccc(C)c1NC(=O)[C@@H](NC(=O)c1c(F)cccc1F)C(C)C. The molecule has 144 valence electrons. The largest absolute Gasteiger partial charge is 0.340 e. The van der Waals surface area contributed by atoms with Gasteiger partial charge in [-0.2, -0.15) is 0 Å². The topological polar surface area (TPSA) is 58.2 Å². The molecule has 2 amide bonds. The van der Waals surface area contributed by atoms with E-state index in [1.807, 2.05) is 32.0 Å². The van der Waals surface area contributed by atoms with Crippen molar-refractivity contribution in [2.75, 3.05) is 5.32 Å². The monoisotopic (exact) mass is 374 g/mol. The van der Waals surface area contributed by atoms with Crippen LogP contribution in [0.5, 0.6) is 0 Å². The number of benzene rings is 2. The Morgan fingerprint density at radius 3 is 2.19 bits per heavy atom. The Balaban J connectivity index is 2.25. The van der Waals surface area contributed by atoms with Crippen LogP contribution in [0.4, 0.5) is 14.5 Å². The second kappa shape index (κ2) is 8.75. The van der Waals surface area contributed by atoms with Crippen LogP contribution in [0.15, 0.2) is 36.4 Å². The van der Waals surface area contributed by atoms with Crippen molar-refractivity contribution in [2.24, 2.45) is 5.92 Å². The van der Waals surface area contributed by atoms with Crippen LogP contribution in [0.25, 0.3) is 0 Å². The van der Waals surface area contributed by atoms with E-state index in [1.54, 1.807) is 13.8 Å². The molecule has 0 aliphatic carbocycles. The summed E-state index contributed by atoms with van der Waals surface area (Å²) in [6.07, 6.45) is 0.733. The van der Waals surface area contributed by atoms with E-state index in [9.17, 15) is 18.4 Å². The Labute approximate surface area is 158 Å². The number of amides is 2. The van der Waals surface area contributed by atoms with Crippen molar-refractivity contribution in [1.29, 1.82) is 0 Å². The Bertz CT molecular complexity index is 830. The summed E-state index contributed by atoms with van der Waals surface area (Å²) in [6.45, 7) is 7.36. The van der Waals surface area contributed by atoms with Crippen LogP contribution >= 0.6 is 0 Å². The molecule has 2 aromatic carbocycles. The van der Waals surface area contributed by atoms with Gasteiger partial charge in [-0.3, -0.25) is 9.59 Å². The van der Waals surface area contributed by atoms with Gasteiger partial charge in [0.25, 0.3) is 5.91 Å². The first-order valence-electron chi connectivity index (χ1n) is 8.90. The van der Waals surface area contributed by atoms with Crippen LogP contribution in [0, 0.1) is 24.5 Å². The van der Waals surface area contributed by atoms with E-state index in [-0.39, 0.29) is 5.92 Å². The summed E-state index contributed by atoms with van der Waals surface area (Å²) >= 11 is 0. The maximum absolute atomic E-state index is 13.9. The first-order valence-corrected chi connectivity index (χ1v) is 8.90. The molecule has 0 fully saturated rings. The molecule has 0 aliphatic rings. The second-order valence-corrected chi connectivity index (χ2v) is 6.74. The molecule has 0 aliphatic heterocycles.